The number of benzene rings is 1. The van der Waals surface area contributed by atoms with Crippen molar-refractivity contribution in [3.8, 4) is 0 Å². The molecule has 2 rings (SSSR count). The number of amides is 2. The maximum atomic E-state index is 12.0. The Morgan fingerprint density at radius 2 is 2.23 bits per heavy atom. The van der Waals surface area contributed by atoms with Crippen molar-refractivity contribution in [2.24, 2.45) is 0 Å². The van der Waals surface area contributed by atoms with E-state index in [-0.39, 0.29) is 18.6 Å². The summed E-state index contributed by atoms with van der Waals surface area (Å²) in [6.07, 6.45) is 5.56. The maximum Gasteiger partial charge on any atom is 0.315 e. The van der Waals surface area contributed by atoms with E-state index in [9.17, 15) is 9.90 Å². The number of hydrogen-bond acceptors (Lipinski definition) is 3. The third-order valence-electron chi connectivity index (χ3n) is 4.29. The molecular formula is C17H26N2O2S. The number of nitrogens with one attached hydrogen (secondary N) is 2. The van der Waals surface area contributed by atoms with Gasteiger partial charge in [-0.05, 0) is 43.1 Å². The predicted molar refractivity (Wildman–Crippen MR) is 92.3 cm³/mol. The van der Waals surface area contributed by atoms with E-state index in [0.29, 0.717) is 6.42 Å². The number of thioether (sulfide) groups is 1. The highest BCUT2D eigenvalue weighted by Gasteiger charge is 2.34. The van der Waals surface area contributed by atoms with Crippen molar-refractivity contribution in [1.82, 2.24) is 10.6 Å². The first-order chi connectivity index (χ1) is 10.6. The molecule has 4 nitrogen and oxygen atoms in total. The Morgan fingerprint density at radius 1 is 1.45 bits per heavy atom. The van der Waals surface area contributed by atoms with Crippen LogP contribution in [0.4, 0.5) is 4.79 Å². The van der Waals surface area contributed by atoms with E-state index >= 15 is 0 Å². The van der Waals surface area contributed by atoms with Crippen LogP contribution in [0.1, 0.15) is 37.3 Å². The van der Waals surface area contributed by atoms with Gasteiger partial charge in [0.2, 0.25) is 0 Å². The first kappa shape index (κ1) is 17.2. The Bertz CT molecular complexity index is 509. The molecule has 5 heteroatoms. The largest absolute Gasteiger partial charge is 0.383 e. The molecule has 0 saturated heterocycles. The van der Waals surface area contributed by atoms with Gasteiger partial charge >= 0.3 is 6.03 Å². The molecule has 1 aliphatic carbocycles. The van der Waals surface area contributed by atoms with Crippen molar-refractivity contribution in [2.75, 3.05) is 18.6 Å². The molecule has 0 heterocycles. The number of aryl methyl sites for hydroxylation is 1. The Morgan fingerprint density at radius 3 is 2.95 bits per heavy atom. The van der Waals surface area contributed by atoms with Crippen molar-refractivity contribution in [2.45, 2.75) is 44.2 Å². The minimum atomic E-state index is -0.951. The number of rotatable bonds is 6. The van der Waals surface area contributed by atoms with Crippen LogP contribution in [0.25, 0.3) is 0 Å². The molecule has 0 spiro atoms. The number of carbonyl (C=O) groups excluding carboxylic acids is 1. The van der Waals surface area contributed by atoms with Crippen LogP contribution in [0.15, 0.2) is 24.3 Å². The Hall–Kier alpha value is -1.20. The molecule has 1 aromatic rings. The number of urea groups is 1. The van der Waals surface area contributed by atoms with Gasteiger partial charge in [0.1, 0.15) is 5.60 Å². The molecule has 0 aromatic heterocycles. The molecule has 22 heavy (non-hydrogen) atoms. The third-order valence-corrected chi connectivity index (χ3v) is 5.03. The smallest absolute Gasteiger partial charge is 0.315 e. The fraction of sp³-hybridized carbons (Fsp3) is 0.588. The highest BCUT2D eigenvalue weighted by molar-refractivity contribution is 7.98. The van der Waals surface area contributed by atoms with Crippen LogP contribution >= 0.6 is 11.8 Å². The van der Waals surface area contributed by atoms with Crippen LogP contribution in [0.5, 0.6) is 0 Å². The second-order valence-corrected chi connectivity index (χ2v) is 6.84. The van der Waals surface area contributed by atoms with Crippen LogP contribution in [0, 0.1) is 0 Å². The number of aliphatic hydroxyl groups is 1. The van der Waals surface area contributed by atoms with E-state index in [1.165, 1.54) is 5.56 Å². The van der Waals surface area contributed by atoms with Gasteiger partial charge in [0.15, 0.2) is 0 Å². The average Bonchev–Trinajstić information content (AvgIpc) is 2.53. The molecule has 0 aliphatic heterocycles. The zero-order chi connectivity index (χ0) is 16.0. The first-order valence-corrected chi connectivity index (χ1v) is 9.32. The summed E-state index contributed by atoms with van der Waals surface area (Å²) < 4.78 is 0. The minimum absolute atomic E-state index is 0.170. The molecule has 0 radical (unpaired) electrons. The van der Waals surface area contributed by atoms with Crippen LogP contribution in [-0.4, -0.2) is 35.7 Å². The van der Waals surface area contributed by atoms with Crippen molar-refractivity contribution < 1.29 is 9.90 Å². The van der Waals surface area contributed by atoms with Gasteiger partial charge in [0.05, 0.1) is 6.54 Å². The summed E-state index contributed by atoms with van der Waals surface area (Å²) in [6, 6.07) is 7.95. The van der Waals surface area contributed by atoms with Gasteiger partial charge < -0.3 is 15.7 Å². The van der Waals surface area contributed by atoms with Gasteiger partial charge in [0.25, 0.3) is 0 Å². The van der Waals surface area contributed by atoms with Crippen molar-refractivity contribution in [3.05, 3.63) is 35.4 Å². The molecule has 122 valence electrons. The fourth-order valence-electron chi connectivity index (χ4n) is 3.01. The highest BCUT2D eigenvalue weighted by Crippen LogP contribution is 2.34. The second-order valence-electron chi connectivity index (χ2n) is 5.93. The van der Waals surface area contributed by atoms with Crippen LogP contribution in [0.2, 0.25) is 0 Å². The van der Waals surface area contributed by atoms with E-state index < -0.39 is 5.60 Å². The third kappa shape index (κ3) is 4.17. The molecule has 2 unspecified atom stereocenters. The van der Waals surface area contributed by atoms with Crippen LogP contribution in [-0.2, 0) is 12.0 Å². The van der Waals surface area contributed by atoms with Crippen LogP contribution < -0.4 is 10.6 Å². The van der Waals surface area contributed by atoms with Crippen molar-refractivity contribution in [1.29, 1.82) is 0 Å². The van der Waals surface area contributed by atoms with E-state index in [2.05, 4.69) is 23.6 Å². The second kappa shape index (κ2) is 7.88. The quantitative estimate of drug-likeness (QED) is 0.754. The average molecular weight is 322 g/mol. The molecule has 0 bridgehead atoms. The van der Waals surface area contributed by atoms with Gasteiger partial charge in [-0.1, -0.05) is 31.2 Å². The van der Waals surface area contributed by atoms with E-state index in [4.69, 9.17) is 0 Å². The molecule has 1 aromatic carbocycles. The Kier molecular flexibility index (Phi) is 6.15. The summed E-state index contributed by atoms with van der Waals surface area (Å²) in [5, 5.41) is 16.7. The van der Waals surface area contributed by atoms with Gasteiger partial charge in [-0.25, -0.2) is 4.79 Å². The summed E-state index contributed by atoms with van der Waals surface area (Å²) in [7, 11) is 0. The summed E-state index contributed by atoms with van der Waals surface area (Å²) in [6.45, 7) is 2.32. The molecule has 0 saturated carbocycles. The van der Waals surface area contributed by atoms with Gasteiger partial charge in [0, 0.05) is 11.8 Å². The number of fused-ring (bicyclic) bond motifs is 1. The summed E-state index contributed by atoms with van der Waals surface area (Å²) in [5.74, 6) is 0.900. The lowest BCUT2D eigenvalue weighted by molar-refractivity contribution is 0.0216. The van der Waals surface area contributed by atoms with Crippen molar-refractivity contribution >= 4 is 17.8 Å². The number of carbonyl (C=O) groups is 1. The monoisotopic (exact) mass is 322 g/mol. The number of hydrogen-bond donors (Lipinski definition) is 3. The van der Waals surface area contributed by atoms with Gasteiger partial charge in [-0.2, -0.15) is 11.8 Å². The summed E-state index contributed by atoms with van der Waals surface area (Å²) in [4.78, 5) is 12.0. The topological polar surface area (TPSA) is 61.4 Å². The predicted octanol–water partition coefficient (Wildman–Crippen LogP) is 2.65. The lowest BCUT2D eigenvalue weighted by atomic mass is 9.79. The SMILES string of the molecule is CCC(CSC)NC(=O)NCC1(O)CCCc2ccccc21. The lowest BCUT2D eigenvalue weighted by Gasteiger charge is -2.34. The molecule has 2 atom stereocenters. The molecule has 3 N–H and O–H groups in total. The Labute approximate surface area is 137 Å². The van der Waals surface area contributed by atoms with Crippen LogP contribution in [0.3, 0.4) is 0 Å². The lowest BCUT2D eigenvalue weighted by Crippen LogP contribution is -2.49. The standard InChI is InChI=1S/C17H26N2O2S/c1-3-14(11-22-2)19-16(20)18-12-17(21)10-6-8-13-7-4-5-9-15(13)17/h4-5,7,9,14,21H,3,6,8,10-12H2,1-2H3,(H2,18,19,20). The fourth-order valence-corrected chi connectivity index (χ4v) is 3.73. The minimum Gasteiger partial charge on any atom is -0.383 e. The maximum absolute atomic E-state index is 12.0. The normalized spacial score (nSPS) is 21.8. The molecule has 2 amide bonds. The first-order valence-electron chi connectivity index (χ1n) is 7.93. The zero-order valence-corrected chi connectivity index (χ0v) is 14.2. The summed E-state index contributed by atoms with van der Waals surface area (Å²) >= 11 is 1.72. The van der Waals surface area contributed by atoms with Gasteiger partial charge in [-0.15, -0.1) is 0 Å². The zero-order valence-electron chi connectivity index (χ0n) is 13.4. The summed E-state index contributed by atoms with van der Waals surface area (Å²) in [5.41, 5.74) is 1.19. The molecule has 0 fully saturated rings. The molecule has 1 aliphatic rings. The van der Waals surface area contributed by atoms with Gasteiger partial charge in [-0.3, -0.25) is 0 Å². The highest BCUT2D eigenvalue weighted by atomic mass is 32.2. The van der Waals surface area contributed by atoms with Crippen molar-refractivity contribution in [3.63, 3.8) is 0 Å². The van der Waals surface area contributed by atoms with E-state index in [1.807, 2.05) is 24.5 Å². The molecular weight excluding hydrogens is 296 g/mol. The van der Waals surface area contributed by atoms with E-state index in [1.54, 1.807) is 11.8 Å². The Balaban J connectivity index is 1.95. The van der Waals surface area contributed by atoms with E-state index in [0.717, 1.165) is 30.6 Å².